The molecule has 0 atom stereocenters. The van der Waals surface area contributed by atoms with Crippen molar-refractivity contribution in [3.05, 3.63) is 59.6 Å². The summed E-state index contributed by atoms with van der Waals surface area (Å²) < 4.78 is 46.4. The number of benzene rings is 2. The summed E-state index contributed by atoms with van der Waals surface area (Å²) in [6, 6.07) is 12.4. The Balaban J connectivity index is 1.57. The number of hydrogen-bond donors (Lipinski definition) is 0. The van der Waals surface area contributed by atoms with Crippen molar-refractivity contribution in [2.24, 2.45) is 0 Å². The van der Waals surface area contributed by atoms with E-state index in [-0.39, 0.29) is 24.2 Å². The zero-order chi connectivity index (χ0) is 19.3. The number of ether oxygens (including phenoxy) is 2. The Labute approximate surface area is 156 Å². The molecule has 1 aromatic heterocycles. The third kappa shape index (κ3) is 5.52. The van der Waals surface area contributed by atoms with Crippen LogP contribution in [-0.2, 0) is 11.2 Å². The topological polar surface area (TPSA) is 61.3 Å². The summed E-state index contributed by atoms with van der Waals surface area (Å²) in [5.74, 6) is -0.534. The van der Waals surface area contributed by atoms with Gasteiger partial charge in [0.15, 0.2) is 0 Å². The number of para-hydroxylation sites is 1. The van der Waals surface area contributed by atoms with E-state index in [4.69, 9.17) is 4.74 Å². The van der Waals surface area contributed by atoms with Gasteiger partial charge >= 0.3 is 12.3 Å². The highest BCUT2D eigenvalue weighted by molar-refractivity contribution is 7.12. The lowest BCUT2D eigenvalue weighted by Gasteiger charge is -2.12. The van der Waals surface area contributed by atoms with E-state index < -0.39 is 12.3 Å². The lowest BCUT2D eigenvalue weighted by atomic mass is 10.1. The molecule has 5 nitrogen and oxygen atoms in total. The number of carbonyl (C=O) groups is 1. The molecule has 3 rings (SSSR count). The van der Waals surface area contributed by atoms with Gasteiger partial charge in [0.1, 0.15) is 22.0 Å². The van der Waals surface area contributed by atoms with E-state index in [9.17, 15) is 18.0 Å². The van der Waals surface area contributed by atoms with E-state index in [1.54, 1.807) is 35.8 Å². The number of nitrogens with zero attached hydrogens (tertiary/aromatic N) is 2. The second-order valence-corrected chi connectivity index (χ2v) is 6.23. The van der Waals surface area contributed by atoms with Crippen molar-refractivity contribution >= 4 is 17.3 Å². The molecule has 0 amide bonds. The van der Waals surface area contributed by atoms with Crippen LogP contribution in [0, 0.1) is 0 Å². The van der Waals surface area contributed by atoms with Gasteiger partial charge in [-0.2, -0.15) is 0 Å². The van der Waals surface area contributed by atoms with Crippen molar-refractivity contribution in [2.45, 2.75) is 19.2 Å². The Morgan fingerprint density at radius 3 is 2.48 bits per heavy atom. The van der Waals surface area contributed by atoms with E-state index in [1.807, 2.05) is 0 Å². The second kappa shape index (κ2) is 8.17. The normalized spacial score (nSPS) is 11.2. The van der Waals surface area contributed by atoms with Gasteiger partial charge in [0, 0.05) is 5.56 Å². The number of halogens is 3. The van der Waals surface area contributed by atoms with E-state index in [1.165, 1.54) is 29.5 Å². The number of alkyl halides is 3. The lowest BCUT2D eigenvalue weighted by Crippen LogP contribution is -2.18. The molecule has 0 saturated carbocycles. The second-order valence-electron chi connectivity index (χ2n) is 5.40. The molecule has 1 heterocycles. The predicted molar refractivity (Wildman–Crippen MR) is 92.4 cm³/mol. The van der Waals surface area contributed by atoms with E-state index in [0.29, 0.717) is 5.75 Å². The van der Waals surface area contributed by atoms with Crippen molar-refractivity contribution in [3.8, 4) is 22.1 Å². The minimum Gasteiger partial charge on any atom is -0.427 e. The molecule has 0 fully saturated rings. The van der Waals surface area contributed by atoms with Crippen LogP contribution in [0.2, 0.25) is 0 Å². The summed E-state index contributed by atoms with van der Waals surface area (Å²) in [6.45, 7) is 0. The number of rotatable bonds is 6. The zero-order valence-electron chi connectivity index (χ0n) is 13.8. The maximum atomic E-state index is 12.4. The highest BCUT2D eigenvalue weighted by atomic mass is 32.1. The molecule has 0 unspecified atom stereocenters. The Kier molecular flexibility index (Phi) is 5.70. The highest BCUT2D eigenvalue weighted by Crippen LogP contribution is 2.27. The Morgan fingerprint density at radius 1 is 1.07 bits per heavy atom. The van der Waals surface area contributed by atoms with Crippen LogP contribution in [0.15, 0.2) is 54.0 Å². The maximum Gasteiger partial charge on any atom is 0.573 e. The molecule has 27 heavy (non-hydrogen) atoms. The molecular formula is C18H13F3N2O3S. The number of aromatic nitrogens is 2. The fourth-order valence-electron chi connectivity index (χ4n) is 2.32. The minimum atomic E-state index is -4.79. The molecule has 0 radical (unpaired) electrons. The largest absolute Gasteiger partial charge is 0.573 e. The molecule has 0 spiro atoms. The molecular weight excluding hydrogens is 381 g/mol. The monoisotopic (exact) mass is 394 g/mol. The van der Waals surface area contributed by atoms with Crippen molar-refractivity contribution < 1.29 is 27.4 Å². The number of aryl methyl sites for hydroxylation is 1. The van der Waals surface area contributed by atoms with E-state index >= 15 is 0 Å². The quantitative estimate of drug-likeness (QED) is 0.450. The average Bonchev–Trinajstić information content (AvgIpc) is 3.15. The number of hydrogen-bond acceptors (Lipinski definition) is 6. The molecule has 140 valence electrons. The molecule has 0 aliphatic heterocycles. The molecule has 0 N–H and O–H groups in total. The van der Waals surface area contributed by atoms with Crippen LogP contribution >= 0.6 is 11.3 Å². The fourth-order valence-corrected chi connectivity index (χ4v) is 2.88. The Hall–Kier alpha value is -2.94. The predicted octanol–water partition coefficient (Wildman–Crippen LogP) is 4.64. The van der Waals surface area contributed by atoms with Gasteiger partial charge in [-0.25, -0.2) is 0 Å². The Morgan fingerprint density at radius 2 is 1.81 bits per heavy atom. The summed E-state index contributed by atoms with van der Waals surface area (Å²) >= 11 is 1.38. The average molecular weight is 394 g/mol. The van der Waals surface area contributed by atoms with E-state index in [0.717, 1.165) is 10.6 Å². The first-order valence-corrected chi connectivity index (χ1v) is 8.69. The van der Waals surface area contributed by atoms with Crippen LogP contribution < -0.4 is 9.47 Å². The van der Waals surface area contributed by atoms with E-state index in [2.05, 4.69) is 14.9 Å². The van der Waals surface area contributed by atoms with Crippen LogP contribution in [-0.4, -0.2) is 22.5 Å². The van der Waals surface area contributed by atoms with Crippen LogP contribution in [0.5, 0.6) is 11.5 Å². The smallest absolute Gasteiger partial charge is 0.427 e. The number of carbonyl (C=O) groups excluding carboxylic acids is 1. The first-order valence-electron chi connectivity index (χ1n) is 7.82. The summed E-state index contributed by atoms with van der Waals surface area (Å²) in [4.78, 5) is 12.0. The van der Waals surface area contributed by atoms with Gasteiger partial charge in [-0.1, -0.05) is 29.5 Å². The third-order valence-corrected chi connectivity index (χ3v) is 4.23. The minimum absolute atomic E-state index is 0.0634. The van der Waals surface area contributed by atoms with Crippen LogP contribution in [0.1, 0.15) is 12.0 Å². The molecule has 3 aromatic rings. The van der Waals surface area contributed by atoms with Gasteiger partial charge in [-0.05, 0) is 42.3 Å². The third-order valence-electron chi connectivity index (χ3n) is 3.49. The van der Waals surface area contributed by atoms with Crippen molar-refractivity contribution in [1.82, 2.24) is 10.2 Å². The summed E-state index contributed by atoms with van der Waals surface area (Å²) in [5, 5.41) is 8.44. The maximum absolute atomic E-state index is 12.4. The molecule has 0 bridgehead atoms. The fraction of sp³-hybridized carbons (Fsp3) is 0.167. The van der Waals surface area contributed by atoms with Crippen molar-refractivity contribution in [1.29, 1.82) is 0 Å². The molecule has 0 saturated heterocycles. The van der Waals surface area contributed by atoms with Crippen molar-refractivity contribution in [2.75, 3.05) is 0 Å². The van der Waals surface area contributed by atoms with Crippen LogP contribution in [0.3, 0.4) is 0 Å². The molecule has 0 aliphatic carbocycles. The van der Waals surface area contributed by atoms with Gasteiger partial charge < -0.3 is 9.47 Å². The summed E-state index contributed by atoms with van der Waals surface area (Å²) in [5.41, 5.74) is 2.73. The molecule has 9 heteroatoms. The molecule has 2 aromatic carbocycles. The molecule has 0 aliphatic rings. The van der Waals surface area contributed by atoms with Crippen LogP contribution in [0.25, 0.3) is 10.6 Å². The SMILES string of the molecule is O=C(CCc1ccccc1OC(F)(F)F)Oc1ccc(-c2nncs2)cc1. The Bertz CT molecular complexity index is 897. The lowest BCUT2D eigenvalue weighted by molar-refractivity contribution is -0.274. The first kappa shape index (κ1) is 18.8. The van der Waals surface area contributed by atoms with Gasteiger partial charge in [-0.15, -0.1) is 23.4 Å². The van der Waals surface area contributed by atoms with Gasteiger partial charge in [0.2, 0.25) is 0 Å². The highest BCUT2D eigenvalue weighted by Gasteiger charge is 2.32. The zero-order valence-corrected chi connectivity index (χ0v) is 14.6. The summed E-state index contributed by atoms with van der Waals surface area (Å²) in [7, 11) is 0. The van der Waals surface area contributed by atoms with Gasteiger partial charge in [0.05, 0.1) is 6.42 Å². The number of esters is 1. The van der Waals surface area contributed by atoms with Crippen LogP contribution in [0.4, 0.5) is 13.2 Å². The van der Waals surface area contributed by atoms with Gasteiger partial charge in [0.25, 0.3) is 0 Å². The van der Waals surface area contributed by atoms with Gasteiger partial charge in [-0.3, -0.25) is 4.79 Å². The standard InChI is InChI=1S/C18H13F3N2O3S/c19-18(20,21)26-15-4-2-1-3-12(15)7-10-16(24)25-14-8-5-13(6-9-14)17-23-22-11-27-17/h1-6,8-9,11H,7,10H2. The first-order chi connectivity index (χ1) is 12.9. The van der Waals surface area contributed by atoms with Crippen molar-refractivity contribution in [3.63, 3.8) is 0 Å². The summed E-state index contributed by atoms with van der Waals surface area (Å²) in [6.07, 6.45) is -4.81.